The van der Waals surface area contributed by atoms with Crippen LogP contribution in [0.3, 0.4) is 0 Å². The third kappa shape index (κ3) is 3.60. The van der Waals surface area contributed by atoms with Gasteiger partial charge >= 0.3 is 0 Å². The topological polar surface area (TPSA) is 17.0 Å². The minimum atomic E-state index is 0.573. The predicted octanol–water partition coefficient (Wildman–Crippen LogP) is 3.57. The van der Waals surface area contributed by atoms with E-state index < -0.39 is 0 Å². The van der Waals surface area contributed by atoms with Gasteiger partial charge < -0.3 is 9.88 Å². The molecule has 1 aliphatic rings. The Kier molecular flexibility index (Phi) is 3.93. The summed E-state index contributed by atoms with van der Waals surface area (Å²) in [7, 11) is 0. The standard InChI is InChI=1S/C15H26N2/c1-4-17-10-7-13(12-17)11-16-14-5-8-15(2,3)9-6-14/h7,10,12,14,16H,4-6,8-9,11H2,1-3H3. The zero-order chi connectivity index (χ0) is 12.3. The molecule has 0 radical (unpaired) electrons. The van der Waals surface area contributed by atoms with Crippen LogP contribution >= 0.6 is 0 Å². The lowest BCUT2D eigenvalue weighted by molar-refractivity contribution is 0.206. The van der Waals surface area contributed by atoms with Gasteiger partial charge in [0.05, 0.1) is 0 Å². The third-order valence-electron chi connectivity index (χ3n) is 4.11. The number of aryl methyl sites for hydroxylation is 1. The molecule has 0 bridgehead atoms. The van der Waals surface area contributed by atoms with Crippen molar-refractivity contribution in [2.45, 2.75) is 65.6 Å². The Labute approximate surface area is 105 Å². The van der Waals surface area contributed by atoms with Gasteiger partial charge in [0.1, 0.15) is 0 Å². The van der Waals surface area contributed by atoms with E-state index in [9.17, 15) is 0 Å². The maximum Gasteiger partial charge on any atom is 0.0223 e. The van der Waals surface area contributed by atoms with E-state index in [2.05, 4.69) is 49.1 Å². The number of nitrogens with one attached hydrogen (secondary N) is 1. The molecule has 17 heavy (non-hydrogen) atoms. The highest BCUT2D eigenvalue weighted by atomic mass is 14.9. The van der Waals surface area contributed by atoms with Gasteiger partial charge in [0.15, 0.2) is 0 Å². The minimum absolute atomic E-state index is 0.573. The van der Waals surface area contributed by atoms with Crippen molar-refractivity contribution >= 4 is 0 Å². The monoisotopic (exact) mass is 234 g/mol. The average Bonchev–Trinajstić information content (AvgIpc) is 2.75. The molecule has 0 atom stereocenters. The Morgan fingerprint density at radius 2 is 2.06 bits per heavy atom. The van der Waals surface area contributed by atoms with Crippen LogP contribution < -0.4 is 5.32 Å². The maximum atomic E-state index is 3.70. The minimum Gasteiger partial charge on any atom is -0.354 e. The van der Waals surface area contributed by atoms with Gasteiger partial charge in [-0.1, -0.05) is 13.8 Å². The van der Waals surface area contributed by atoms with Crippen LogP contribution in [0.1, 0.15) is 52.0 Å². The summed E-state index contributed by atoms with van der Waals surface area (Å²) in [6.45, 7) is 9.06. The summed E-state index contributed by atoms with van der Waals surface area (Å²) in [6, 6.07) is 2.96. The van der Waals surface area contributed by atoms with Crippen LogP contribution in [0.5, 0.6) is 0 Å². The van der Waals surface area contributed by atoms with Crippen molar-refractivity contribution in [3.63, 3.8) is 0 Å². The first kappa shape index (κ1) is 12.7. The normalized spacial score (nSPS) is 20.6. The van der Waals surface area contributed by atoms with Gasteiger partial charge in [-0.05, 0) is 49.7 Å². The SMILES string of the molecule is CCn1ccc(CNC2CCC(C)(C)CC2)c1. The number of hydrogen-bond donors (Lipinski definition) is 1. The highest BCUT2D eigenvalue weighted by Crippen LogP contribution is 2.35. The second-order valence-electron chi connectivity index (χ2n) is 6.17. The average molecular weight is 234 g/mol. The van der Waals surface area contributed by atoms with E-state index in [1.54, 1.807) is 0 Å². The lowest BCUT2D eigenvalue weighted by Crippen LogP contribution is -2.35. The molecule has 1 saturated carbocycles. The molecule has 0 saturated heterocycles. The molecule has 1 aromatic heterocycles. The van der Waals surface area contributed by atoms with E-state index in [1.165, 1.54) is 31.2 Å². The molecule has 2 rings (SSSR count). The number of nitrogens with zero attached hydrogens (tertiary/aromatic N) is 1. The van der Waals surface area contributed by atoms with E-state index in [1.807, 2.05) is 0 Å². The predicted molar refractivity (Wildman–Crippen MR) is 73.0 cm³/mol. The van der Waals surface area contributed by atoms with Crippen molar-refractivity contribution in [1.82, 2.24) is 9.88 Å². The van der Waals surface area contributed by atoms with Gasteiger partial charge in [-0.25, -0.2) is 0 Å². The Hall–Kier alpha value is -0.760. The zero-order valence-corrected chi connectivity index (χ0v) is 11.5. The molecular weight excluding hydrogens is 208 g/mol. The quantitative estimate of drug-likeness (QED) is 0.843. The van der Waals surface area contributed by atoms with Crippen LogP contribution in [0.15, 0.2) is 18.5 Å². The van der Waals surface area contributed by atoms with Crippen molar-refractivity contribution < 1.29 is 0 Å². The highest BCUT2D eigenvalue weighted by molar-refractivity contribution is 5.10. The molecule has 1 N–H and O–H groups in total. The second kappa shape index (κ2) is 5.26. The van der Waals surface area contributed by atoms with Crippen molar-refractivity contribution in [3.05, 3.63) is 24.0 Å². The summed E-state index contributed by atoms with van der Waals surface area (Å²) in [5.74, 6) is 0. The summed E-state index contributed by atoms with van der Waals surface area (Å²) in [5.41, 5.74) is 1.99. The van der Waals surface area contributed by atoms with Crippen LogP contribution in [0, 0.1) is 5.41 Å². The Morgan fingerprint density at radius 1 is 1.35 bits per heavy atom. The van der Waals surface area contributed by atoms with Crippen molar-refractivity contribution in [2.24, 2.45) is 5.41 Å². The van der Waals surface area contributed by atoms with Gasteiger partial charge in [0.25, 0.3) is 0 Å². The molecule has 2 nitrogen and oxygen atoms in total. The van der Waals surface area contributed by atoms with Crippen molar-refractivity contribution in [3.8, 4) is 0 Å². The maximum absolute atomic E-state index is 3.70. The number of aromatic nitrogens is 1. The fourth-order valence-electron chi connectivity index (χ4n) is 2.66. The first-order valence-corrected chi connectivity index (χ1v) is 6.97. The Morgan fingerprint density at radius 3 is 2.65 bits per heavy atom. The molecule has 1 heterocycles. The summed E-state index contributed by atoms with van der Waals surface area (Å²) >= 11 is 0. The Balaban J connectivity index is 1.75. The fourth-order valence-corrected chi connectivity index (χ4v) is 2.66. The van der Waals surface area contributed by atoms with Crippen LogP contribution in [-0.4, -0.2) is 10.6 Å². The molecule has 0 spiro atoms. The summed E-state index contributed by atoms with van der Waals surface area (Å²) in [6.07, 6.45) is 9.81. The van der Waals surface area contributed by atoms with Gasteiger partial charge in [0.2, 0.25) is 0 Å². The van der Waals surface area contributed by atoms with E-state index in [4.69, 9.17) is 0 Å². The molecule has 0 aromatic carbocycles. The van der Waals surface area contributed by atoms with Crippen LogP contribution in [-0.2, 0) is 13.1 Å². The smallest absolute Gasteiger partial charge is 0.0223 e. The first-order valence-electron chi connectivity index (χ1n) is 6.97. The van der Waals surface area contributed by atoms with Gasteiger partial charge in [0, 0.05) is 31.5 Å². The number of rotatable bonds is 4. The summed E-state index contributed by atoms with van der Waals surface area (Å²) in [4.78, 5) is 0. The van der Waals surface area contributed by atoms with Crippen LogP contribution in [0.2, 0.25) is 0 Å². The van der Waals surface area contributed by atoms with Gasteiger partial charge in [-0.3, -0.25) is 0 Å². The van der Waals surface area contributed by atoms with E-state index in [0.29, 0.717) is 5.41 Å². The van der Waals surface area contributed by atoms with E-state index in [-0.39, 0.29) is 0 Å². The number of hydrogen-bond acceptors (Lipinski definition) is 1. The Bertz CT molecular complexity index is 342. The lowest BCUT2D eigenvalue weighted by Gasteiger charge is -2.34. The van der Waals surface area contributed by atoms with Gasteiger partial charge in [-0.15, -0.1) is 0 Å². The molecule has 96 valence electrons. The summed E-state index contributed by atoms with van der Waals surface area (Å²) < 4.78 is 2.24. The molecular formula is C15H26N2. The first-order chi connectivity index (χ1) is 8.09. The summed E-state index contributed by atoms with van der Waals surface area (Å²) in [5, 5.41) is 3.70. The second-order valence-corrected chi connectivity index (χ2v) is 6.17. The molecule has 1 aliphatic carbocycles. The molecule has 0 unspecified atom stereocenters. The molecule has 1 fully saturated rings. The molecule has 0 amide bonds. The van der Waals surface area contributed by atoms with Crippen LogP contribution in [0.25, 0.3) is 0 Å². The fraction of sp³-hybridized carbons (Fsp3) is 0.733. The van der Waals surface area contributed by atoms with E-state index >= 15 is 0 Å². The zero-order valence-electron chi connectivity index (χ0n) is 11.5. The van der Waals surface area contributed by atoms with Crippen molar-refractivity contribution in [2.75, 3.05) is 0 Å². The van der Waals surface area contributed by atoms with Crippen molar-refractivity contribution in [1.29, 1.82) is 0 Å². The highest BCUT2D eigenvalue weighted by Gasteiger charge is 2.26. The molecule has 1 aromatic rings. The molecule has 2 heteroatoms. The lowest BCUT2D eigenvalue weighted by atomic mass is 9.75. The third-order valence-corrected chi connectivity index (χ3v) is 4.11. The largest absolute Gasteiger partial charge is 0.354 e. The van der Waals surface area contributed by atoms with Gasteiger partial charge in [-0.2, -0.15) is 0 Å². The molecule has 0 aliphatic heterocycles. The van der Waals surface area contributed by atoms with Crippen LogP contribution in [0.4, 0.5) is 0 Å². The van der Waals surface area contributed by atoms with E-state index in [0.717, 1.165) is 19.1 Å².